The van der Waals surface area contributed by atoms with E-state index in [1.807, 2.05) is 0 Å². The largest absolute Gasteiger partial charge is 0.495 e. The van der Waals surface area contributed by atoms with Crippen molar-refractivity contribution in [3.8, 4) is 5.75 Å². The van der Waals surface area contributed by atoms with Gasteiger partial charge in [-0.05, 0) is 32.0 Å². The van der Waals surface area contributed by atoms with E-state index in [-0.39, 0.29) is 24.9 Å². The lowest BCUT2D eigenvalue weighted by molar-refractivity contribution is -0.123. The fraction of sp³-hybridized carbons (Fsp3) is 0.417. The summed E-state index contributed by atoms with van der Waals surface area (Å²) in [6, 6.07) is 5.08. The van der Waals surface area contributed by atoms with E-state index in [4.69, 9.17) is 22.1 Å². The molecule has 0 aliphatic rings. The topological polar surface area (TPSA) is 64.3 Å². The first-order valence-electron chi connectivity index (χ1n) is 5.26. The molecule has 0 bridgehead atoms. The first-order valence-corrected chi connectivity index (χ1v) is 5.63. The van der Waals surface area contributed by atoms with Gasteiger partial charge in [0.05, 0.1) is 17.5 Å². The zero-order valence-electron chi connectivity index (χ0n) is 10.6. The van der Waals surface area contributed by atoms with Crippen molar-refractivity contribution < 1.29 is 9.53 Å². The molecule has 0 unspecified atom stereocenters. The molecule has 102 valence electrons. The van der Waals surface area contributed by atoms with Crippen LogP contribution in [0.1, 0.15) is 13.8 Å². The molecule has 0 aliphatic heterocycles. The molecule has 0 spiro atoms. The summed E-state index contributed by atoms with van der Waals surface area (Å²) in [5.74, 6) is 0.434. The SMILES string of the molecule is COc1ccc(NC(=O)C(C)(C)CN)cc1Cl.Cl. The molecule has 4 nitrogen and oxygen atoms in total. The van der Waals surface area contributed by atoms with Crippen LogP contribution in [-0.4, -0.2) is 19.6 Å². The molecule has 0 radical (unpaired) electrons. The molecular formula is C12H18Cl2N2O2. The highest BCUT2D eigenvalue weighted by atomic mass is 35.5. The lowest BCUT2D eigenvalue weighted by atomic mass is 9.92. The second-order valence-corrected chi connectivity index (χ2v) is 4.80. The summed E-state index contributed by atoms with van der Waals surface area (Å²) in [6.07, 6.45) is 0. The van der Waals surface area contributed by atoms with Crippen LogP contribution in [0.2, 0.25) is 5.02 Å². The number of anilines is 1. The lowest BCUT2D eigenvalue weighted by Gasteiger charge is -2.21. The summed E-state index contributed by atoms with van der Waals surface area (Å²) >= 11 is 5.96. The van der Waals surface area contributed by atoms with Crippen LogP contribution in [0, 0.1) is 5.41 Å². The monoisotopic (exact) mass is 292 g/mol. The highest BCUT2D eigenvalue weighted by Crippen LogP contribution is 2.28. The van der Waals surface area contributed by atoms with Crippen molar-refractivity contribution in [1.82, 2.24) is 0 Å². The van der Waals surface area contributed by atoms with Crippen LogP contribution in [-0.2, 0) is 4.79 Å². The fourth-order valence-corrected chi connectivity index (χ4v) is 1.39. The van der Waals surface area contributed by atoms with Crippen LogP contribution in [0.25, 0.3) is 0 Å². The Morgan fingerprint density at radius 1 is 1.50 bits per heavy atom. The summed E-state index contributed by atoms with van der Waals surface area (Å²) in [4.78, 5) is 11.9. The third kappa shape index (κ3) is 4.05. The van der Waals surface area contributed by atoms with Gasteiger partial charge in [0.25, 0.3) is 0 Å². The van der Waals surface area contributed by atoms with Crippen molar-refractivity contribution >= 4 is 35.6 Å². The third-order valence-corrected chi connectivity index (χ3v) is 2.83. The minimum absolute atomic E-state index is 0. The molecule has 0 saturated carbocycles. The van der Waals surface area contributed by atoms with Crippen LogP contribution < -0.4 is 15.8 Å². The molecule has 0 atom stereocenters. The van der Waals surface area contributed by atoms with Gasteiger partial charge in [0.1, 0.15) is 5.75 Å². The van der Waals surface area contributed by atoms with E-state index in [1.54, 1.807) is 32.0 Å². The van der Waals surface area contributed by atoms with Crippen molar-refractivity contribution in [2.24, 2.45) is 11.1 Å². The molecule has 0 saturated heterocycles. The van der Waals surface area contributed by atoms with E-state index >= 15 is 0 Å². The van der Waals surface area contributed by atoms with E-state index in [0.717, 1.165) is 0 Å². The van der Waals surface area contributed by atoms with Crippen LogP contribution in [0.5, 0.6) is 5.75 Å². The molecule has 1 amide bonds. The first-order chi connectivity index (χ1) is 7.90. The Bertz CT molecular complexity index is 423. The first kappa shape index (κ1) is 17.0. The molecule has 1 aromatic rings. The average molecular weight is 293 g/mol. The molecule has 1 aromatic carbocycles. The molecule has 0 heterocycles. The Morgan fingerprint density at radius 2 is 2.11 bits per heavy atom. The van der Waals surface area contributed by atoms with E-state index < -0.39 is 5.41 Å². The summed E-state index contributed by atoms with van der Waals surface area (Å²) in [7, 11) is 1.54. The van der Waals surface area contributed by atoms with Gasteiger partial charge >= 0.3 is 0 Å². The summed E-state index contributed by atoms with van der Waals surface area (Å²) < 4.78 is 5.03. The standard InChI is InChI=1S/C12H17ClN2O2.ClH/c1-12(2,7-14)11(16)15-8-4-5-10(17-3)9(13)6-8;/h4-6H,7,14H2,1-3H3,(H,15,16);1H. The molecule has 18 heavy (non-hydrogen) atoms. The van der Waals surface area contributed by atoms with Crippen LogP contribution >= 0.6 is 24.0 Å². The van der Waals surface area contributed by atoms with Crippen molar-refractivity contribution in [2.45, 2.75) is 13.8 Å². The number of nitrogens with two attached hydrogens (primary N) is 1. The van der Waals surface area contributed by atoms with Crippen LogP contribution in [0.3, 0.4) is 0 Å². The smallest absolute Gasteiger partial charge is 0.231 e. The summed E-state index contributed by atoms with van der Waals surface area (Å²) in [6.45, 7) is 3.85. The Balaban J connectivity index is 0.00000289. The summed E-state index contributed by atoms with van der Waals surface area (Å²) in [5.41, 5.74) is 5.55. The number of methoxy groups -OCH3 is 1. The van der Waals surface area contributed by atoms with Gasteiger partial charge in [-0.15, -0.1) is 12.4 Å². The predicted octanol–water partition coefficient (Wildman–Crippen LogP) is 2.69. The number of carbonyl (C=O) groups is 1. The zero-order chi connectivity index (χ0) is 13.1. The second kappa shape index (κ2) is 6.83. The Morgan fingerprint density at radius 3 is 2.56 bits per heavy atom. The maximum atomic E-state index is 11.9. The number of carbonyl (C=O) groups excluding carboxylic acids is 1. The number of amides is 1. The number of nitrogens with one attached hydrogen (secondary N) is 1. The van der Waals surface area contributed by atoms with Gasteiger partial charge < -0.3 is 15.8 Å². The number of ether oxygens (including phenoxy) is 1. The minimum Gasteiger partial charge on any atom is -0.495 e. The quantitative estimate of drug-likeness (QED) is 0.897. The Hall–Kier alpha value is -0.970. The number of hydrogen-bond donors (Lipinski definition) is 2. The zero-order valence-corrected chi connectivity index (χ0v) is 12.2. The predicted molar refractivity (Wildman–Crippen MR) is 76.7 cm³/mol. The minimum atomic E-state index is -0.605. The van der Waals surface area contributed by atoms with Crippen molar-refractivity contribution in [2.75, 3.05) is 19.0 Å². The lowest BCUT2D eigenvalue weighted by Crippen LogP contribution is -2.37. The fourth-order valence-electron chi connectivity index (χ4n) is 1.14. The van der Waals surface area contributed by atoms with Crippen molar-refractivity contribution in [3.63, 3.8) is 0 Å². The maximum Gasteiger partial charge on any atom is 0.231 e. The normalized spacial score (nSPS) is 10.5. The highest BCUT2D eigenvalue weighted by Gasteiger charge is 2.25. The maximum absolute atomic E-state index is 11.9. The van der Waals surface area contributed by atoms with Crippen molar-refractivity contribution in [1.29, 1.82) is 0 Å². The van der Waals surface area contributed by atoms with Crippen LogP contribution in [0.15, 0.2) is 18.2 Å². The number of halogens is 2. The van der Waals surface area contributed by atoms with Gasteiger partial charge in [0, 0.05) is 12.2 Å². The molecule has 3 N–H and O–H groups in total. The van der Waals surface area contributed by atoms with Gasteiger partial charge in [-0.2, -0.15) is 0 Å². The average Bonchev–Trinajstić information content (AvgIpc) is 2.29. The number of hydrogen-bond acceptors (Lipinski definition) is 3. The van der Waals surface area contributed by atoms with E-state index in [0.29, 0.717) is 16.5 Å². The Labute approximate surface area is 118 Å². The van der Waals surface area contributed by atoms with E-state index in [1.165, 1.54) is 7.11 Å². The van der Waals surface area contributed by atoms with Gasteiger partial charge in [-0.3, -0.25) is 4.79 Å². The molecule has 0 aliphatic carbocycles. The van der Waals surface area contributed by atoms with Gasteiger partial charge in [-0.1, -0.05) is 11.6 Å². The number of rotatable bonds is 4. The van der Waals surface area contributed by atoms with E-state index in [9.17, 15) is 4.79 Å². The molecule has 6 heteroatoms. The van der Waals surface area contributed by atoms with Gasteiger partial charge in [0.2, 0.25) is 5.91 Å². The van der Waals surface area contributed by atoms with Gasteiger partial charge in [0.15, 0.2) is 0 Å². The molecule has 0 aromatic heterocycles. The highest BCUT2D eigenvalue weighted by molar-refractivity contribution is 6.32. The molecule has 1 rings (SSSR count). The number of benzene rings is 1. The molecule has 0 fully saturated rings. The summed E-state index contributed by atoms with van der Waals surface area (Å²) in [5, 5.41) is 3.22. The third-order valence-electron chi connectivity index (χ3n) is 2.53. The second-order valence-electron chi connectivity index (χ2n) is 4.39. The Kier molecular flexibility index (Phi) is 6.46. The van der Waals surface area contributed by atoms with Gasteiger partial charge in [-0.25, -0.2) is 0 Å². The molecular weight excluding hydrogens is 275 g/mol. The van der Waals surface area contributed by atoms with Crippen LogP contribution in [0.4, 0.5) is 5.69 Å². The van der Waals surface area contributed by atoms with Crippen molar-refractivity contribution in [3.05, 3.63) is 23.2 Å². The van der Waals surface area contributed by atoms with E-state index in [2.05, 4.69) is 5.32 Å².